The van der Waals surface area contributed by atoms with Gasteiger partial charge in [0.2, 0.25) is 0 Å². The Bertz CT molecular complexity index is 613. The molecular weight excluding hydrogens is 220 g/mol. The van der Waals surface area contributed by atoms with E-state index in [0.29, 0.717) is 28.9 Å². The van der Waals surface area contributed by atoms with Crippen LogP contribution in [0, 0.1) is 6.92 Å². The fourth-order valence-corrected chi connectivity index (χ4v) is 1.34. The molecule has 6 heteroatoms. The van der Waals surface area contributed by atoms with Crippen molar-refractivity contribution < 1.29 is 8.83 Å². The first-order valence-electron chi connectivity index (χ1n) is 4.99. The molecule has 0 atom stereocenters. The second-order valence-corrected chi connectivity index (χ2v) is 3.41. The summed E-state index contributed by atoms with van der Waals surface area (Å²) in [6.07, 6.45) is 4.83. The maximum atomic E-state index is 5.46. The van der Waals surface area contributed by atoms with Gasteiger partial charge in [0, 0.05) is 12.4 Å². The van der Waals surface area contributed by atoms with Gasteiger partial charge in [-0.3, -0.25) is 0 Å². The maximum Gasteiger partial charge on any atom is 0.283 e. The molecule has 0 unspecified atom stereocenters. The van der Waals surface area contributed by atoms with E-state index < -0.39 is 0 Å². The summed E-state index contributed by atoms with van der Waals surface area (Å²) in [7, 11) is 0. The zero-order valence-corrected chi connectivity index (χ0v) is 8.99. The summed E-state index contributed by atoms with van der Waals surface area (Å²) in [6.45, 7) is 1.81. The molecule has 17 heavy (non-hydrogen) atoms. The van der Waals surface area contributed by atoms with Gasteiger partial charge in [-0.25, -0.2) is 9.97 Å². The Labute approximate surface area is 96.3 Å². The van der Waals surface area contributed by atoms with Gasteiger partial charge < -0.3 is 8.83 Å². The normalized spacial score (nSPS) is 10.6. The predicted molar refractivity (Wildman–Crippen MR) is 57.8 cm³/mol. The highest BCUT2D eigenvalue weighted by atomic mass is 16.4. The molecule has 6 nitrogen and oxygen atoms in total. The Balaban J connectivity index is 1.98. The number of aromatic nitrogens is 4. The van der Waals surface area contributed by atoms with Crippen molar-refractivity contribution in [1.29, 1.82) is 0 Å². The standard InChI is InChI=1S/C11H8N4O2/c1-7-12-5-8(6-13-7)10-14-15-11(17-10)9-3-2-4-16-9/h2-6H,1H3. The molecule has 0 aliphatic heterocycles. The Morgan fingerprint density at radius 1 is 1.06 bits per heavy atom. The molecule has 0 aliphatic rings. The minimum Gasteiger partial charge on any atom is -0.459 e. The minimum atomic E-state index is 0.338. The van der Waals surface area contributed by atoms with Crippen LogP contribution < -0.4 is 0 Å². The number of hydrogen-bond acceptors (Lipinski definition) is 6. The SMILES string of the molecule is Cc1ncc(-c2nnc(-c3ccco3)o2)cn1. The second-order valence-electron chi connectivity index (χ2n) is 3.41. The molecule has 3 aromatic heterocycles. The zero-order chi connectivity index (χ0) is 11.7. The largest absolute Gasteiger partial charge is 0.459 e. The van der Waals surface area contributed by atoms with Crippen molar-refractivity contribution in [3.05, 3.63) is 36.6 Å². The van der Waals surface area contributed by atoms with E-state index in [4.69, 9.17) is 8.83 Å². The van der Waals surface area contributed by atoms with Gasteiger partial charge in [-0.05, 0) is 19.1 Å². The average Bonchev–Trinajstić information content (AvgIpc) is 3.00. The zero-order valence-electron chi connectivity index (χ0n) is 8.99. The number of hydrogen-bond donors (Lipinski definition) is 0. The lowest BCUT2D eigenvalue weighted by Gasteiger charge is -1.93. The lowest BCUT2D eigenvalue weighted by Crippen LogP contribution is -1.87. The summed E-state index contributed by atoms with van der Waals surface area (Å²) in [5.74, 6) is 1.94. The van der Waals surface area contributed by atoms with E-state index in [1.807, 2.05) is 6.92 Å². The summed E-state index contributed by atoms with van der Waals surface area (Å²) >= 11 is 0. The molecule has 0 saturated carbocycles. The molecule has 0 N–H and O–H groups in total. The Morgan fingerprint density at radius 3 is 2.53 bits per heavy atom. The van der Waals surface area contributed by atoms with E-state index in [1.54, 1.807) is 30.8 Å². The molecule has 0 spiro atoms. The average molecular weight is 228 g/mol. The van der Waals surface area contributed by atoms with Gasteiger partial charge in [0.05, 0.1) is 11.8 Å². The van der Waals surface area contributed by atoms with Crippen molar-refractivity contribution in [2.45, 2.75) is 6.92 Å². The molecule has 84 valence electrons. The van der Waals surface area contributed by atoms with Crippen LogP contribution in [0.2, 0.25) is 0 Å². The Morgan fingerprint density at radius 2 is 1.82 bits per heavy atom. The monoisotopic (exact) mass is 228 g/mol. The molecule has 3 heterocycles. The molecule has 3 rings (SSSR count). The number of nitrogens with zero attached hydrogens (tertiary/aromatic N) is 4. The van der Waals surface area contributed by atoms with Crippen LogP contribution in [0.15, 0.2) is 39.6 Å². The fourth-order valence-electron chi connectivity index (χ4n) is 1.34. The summed E-state index contributed by atoms with van der Waals surface area (Å²) in [5, 5.41) is 7.81. The van der Waals surface area contributed by atoms with Crippen LogP contribution in [0.1, 0.15) is 5.82 Å². The summed E-state index contributed by atoms with van der Waals surface area (Å²) < 4.78 is 10.6. The molecule has 0 amide bonds. The summed E-state index contributed by atoms with van der Waals surface area (Å²) in [4.78, 5) is 8.13. The van der Waals surface area contributed by atoms with Crippen LogP contribution in [0.5, 0.6) is 0 Å². The highest BCUT2D eigenvalue weighted by Gasteiger charge is 2.12. The molecule has 0 bridgehead atoms. The van der Waals surface area contributed by atoms with Crippen LogP contribution in [-0.2, 0) is 0 Å². The molecule has 0 fully saturated rings. The van der Waals surface area contributed by atoms with Crippen molar-refractivity contribution in [1.82, 2.24) is 20.2 Å². The van der Waals surface area contributed by atoms with Gasteiger partial charge >= 0.3 is 0 Å². The Hall–Kier alpha value is -2.50. The molecule has 0 aliphatic carbocycles. The van der Waals surface area contributed by atoms with E-state index >= 15 is 0 Å². The Kier molecular flexibility index (Phi) is 2.18. The first kappa shape index (κ1) is 9.71. The molecule has 0 aromatic carbocycles. The van der Waals surface area contributed by atoms with Gasteiger partial charge in [0.1, 0.15) is 5.82 Å². The van der Waals surface area contributed by atoms with Gasteiger partial charge in [0.15, 0.2) is 5.76 Å². The molecule has 0 radical (unpaired) electrons. The quantitative estimate of drug-likeness (QED) is 0.668. The van der Waals surface area contributed by atoms with Crippen molar-refractivity contribution in [3.8, 4) is 23.1 Å². The third kappa shape index (κ3) is 1.80. The topological polar surface area (TPSA) is 77.8 Å². The number of aryl methyl sites for hydroxylation is 1. The van der Waals surface area contributed by atoms with Crippen molar-refractivity contribution >= 4 is 0 Å². The lowest BCUT2D eigenvalue weighted by molar-refractivity contribution is 0.523. The minimum absolute atomic E-state index is 0.338. The second kappa shape index (κ2) is 3.82. The number of rotatable bonds is 2. The number of furan rings is 1. The smallest absolute Gasteiger partial charge is 0.283 e. The first-order chi connectivity index (χ1) is 8.33. The van der Waals surface area contributed by atoms with Crippen LogP contribution in [0.3, 0.4) is 0 Å². The van der Waals surface area contributed by atoms with Crippen LogP contribution in [-0.4, -0.2) is 20.2 Å². The fraction of sp³-hybridized carbons (Fsp3) is 0.0909. The third-order valence-electron chi connectivity index (χ3n) is 2.18. The van der Waals surface area contributed by atoms with Gasteiger partial charge in [0.25, 0.3) is 11.8 Å². The van der Waals surface area contributed by atoms with E-state index in [1.165, 1.54) is 0 Å². The third-order valence-corrected chi connectivity index (χ3v) is 2.18. The first-order valence-corrected chi connectivity index (χ1v) is 4.99. The van der Waals surface area contributed by atoms with Crippen LogP contribution in [0.25, 0.3) is 23.1 Å². The van der Waals surface area contributed by atoms with Gasteiger partial charge in [-0.2, -0.15) is 0 Å². The highest BCUT2D eigenvalue weighted by Crippen LogP contribution is 2.22. The predicted octanol–water partition coefficient (Wildman–Crippen LogP) is 2.10. The highest BCUT2D eigenvalue weighted by molar-refractivity contribution is 5.52. The molecule has 0 saturated heterocycles. The maximum absolute atomic E-state index is 5.46. The van der Waals surface area contributed by atoms with E-state index in [2.05, 4.69) is 20.2 Å². The molecule has 3 aromatic rings. The van der Waals surface area contributed by atoms with Gasteiger partial charge in [-0.15, -0.1) is 10.2 Å². The van der Waals surface area contributed by atoms with E-state index in [0.717, 1.165) is 0 Å². The van der Waals surface area contributed by atoms with Crippen LogP contribution >= 0.6 is 0 Å². The van der Waals surface area contributed by atoms with Gasteiger partial charge in [-0.1, -0.05) is 0 Å². The lowest BCUT2D eigenvalue weighted by atomic mass is 10.3. The molecular formula is C11H8N4O2. The van der Waals surface area contributed by atoms with E-state index in [-0.39, 0.29) is 0 Å². The summed E-state index contributed by atoms with van der Waals surface area (Å²) in [6, 6.07) is 3.51. The summed E-state index contributed by atoms with van der Waals surface area (Å²) in [5.41, 5.74) is 0.681. The van der Waals surface area contributed by atoms with Crippen LogP contribution in [0.4, 0.5) is 0 Å². The van der Waals surface area contributed by atoms with Crippen molar-refractivity contribution in [3.63, 3.8) is 0 Å². The van der Waals surface area contributed by atoms with Crippen molar-refractivity contribution in [2.24, 2.45) is 0 Å². The van der Waals surface area contributed by atoms with Crippen molar-refractivity contribution in [2.75, 3.05) is 0 Å². The van der Waals surface area contributed by atoms with E-state index in [9.17, 15) is 0 Å².